The quantitative estimate of drug-likeness (QED) is 0.739. The lowest BCUT2D eigenvalue weighted by Gasteiger charge is -2.21. The Kier molecular flexibility index (Phi) is 5.27. The highest BCUT2D eigenvalue weighted by atomic mass is 16.1. The van der Waals surface area contributed by atoms with E-state index in [1.165, 1.54) is 0 Å². The van der Waals surface area contributed by atoms with Gasteiger partial charge in [-0.25, -0.2) is 9.97 Å². The third-order valence-electron chi connectivity index (χ3n) is 4.35. The van der Waals surface area contributed by atoms with Crippen molar-refractivity contribution in [3.63, 3.8) is 0 Å². The van der Waals surface area contributed by atoms with E-state index < -0.39 is 0 Å². The first kappa shape index (κ1) is 17.6. The van der Waals surface area contributed by atoms with Crippen LogP contribution in [0.3, 0.4) is 0 Å². The molecule has 0 atom stereocenters. The largest absolute Gasteiger partial charge is 0.320 e. The minimum absolute atomic E-state index is 0.244. The lowest BCUT2D eigenvalue weighted by molar-refractivity contribution is 0.102. The van der Waals surface area contributed by atoms with E-state index in [1.54, 1.807) is 12.3 Å². The van der Waals surface area contributed by atoms with Crippen molar-refractivity contribution in [2.45, 2.75) is 20.8 Å². The zero-order valence-corrected chi connectivity index (χ0v) is 15.2. The fraction of sp³-hybridized carbons (Fsp3) is 0.190. The molecule has 1 heterocycles. The Morgan fingerprint density at radius 3 is 2.54 bits per heavy atom. The Morgan fingerprint density at radius 2 is 1.81 bits per heavy atom. The fourth-order valence-electron chi connectivity index (χ4n) is 2.73. The van der Waals surface area contributed by atoms with Gasteiger partial charge in [-0.2, -0.15) is 0 Å². The molecular weight excluding hydrogens is 324 g/mol. The maximum atomic E-state index is 12.7. The molecule has 132 valence electrons. The van der Waals surface area contributed by atoms with Crippen LogP contribution in [0.1, 0.15) is 28.5 Å². The number of carbonyl (C=O) groups excluding carboxylic acids is 1. The number of hydrogen-bond acceptors (Lipinski definition) is 4. The molecule has 3 rings (SSSR count). The molecule has 0 spiro atoms. The van der Waals surface area contributed by atoms with Gasteiger partial charge in [-0.05, 0) is 56.2 Å². The SMILES string of the molecule is CCN(c1ccccc1)c1nccc(C(=O)Nc2cccc(C)c2C)n1. The van der Waals surface area contributed by atoms with Crippen molar-refractivity contribution in [3.8, 4) is 0 Å². The second-order valence-electron chi connectivity index (χ2n) is 6.02. The number of benzene rings is 2. The predicted molar refractivity (Wildman–Crippen MR) is 105 cm³/mol. The maximum absolute atomic E-state index is 12.7. The minimum atomic E-state index is -0.244. The summed E-state index contributed by atoms with van der Waals surface area (Å²) in [7, 11) is 0. The third-order valence-corrected chi connectivity index (χ3v) is 4.35. The molecule has 0 unspecified atom stereocenters. The first-order valence-corrected chi connectivity index (χ1v) is 8.63. The molecule has 0 aliphatic carbocycles. The lowest BCUT2D eigenvalue weighted by atomic mass is 10.1. The molecule has 0 saturated heterocycles. The number of aromatic nitrogens is 2. The number of aryl methyl sites for hydroxylation is 1. The summed E-state index contributed by atoms with van der Waals surface area (Å²) in [5.74, 6) is 0.263. The molecule has 1 aromatic heterocycles. The number of nitrogens with zero attached hydrogens (tertiary/aromatic N) is 3. The van der Waals surface area contributed by atoms with Gasteiger partial charge in [-0.3, -0.25) is 4.79 Å². The lowest BCUT2D eigenvalue weighted by Crippen LogP contribution is -2.21. The van der Waals surface area contributed by atoms with Crippen LogP contribution in [0.2, 0.25) is 0 Å². The Balaban J connectivity index is 1.86. The number of hydrogen-bond donors (Lipinski definition) is 1. The van der Waals surface area contributed by atoms with E-state index in [0.29, 0.717) is 18.2 Å². The molecule has 0 radical (unpaired) electrons. The summed E-state index contributed by atoms with van der Waals surface area (Å²) in [5.41, 5.74) is 4.31. The van der Waals surface area contributed by atoms with Gasteiger partial charge >= 0.3 is 0 Å². The average molecular weight is 346 g/mol. The summed E-state index contributed by atoms with van der Waals surface area (Å²) >= 11 is 0. The molecule has 26 heavy (non-hydrogen) atoms. The number of nitrogens with one attached hydrogen (secondary N) is 1. The number of carbonyl (C=O) groups is 1. The first-order chi connectivity index (χ1) is 12.6. The Bertz CT molecular complexity index is 909. The standard InChI is InChI=1S/C21H22N4O/c1-4-25(17-10-6-5-7-11-17)21-22-14-13-19(24-21)20(26)23-18-12-8-9-15(2)16(18)3/h5-14H,4H2,1-3H3,(H,23,26). The van der Waals surface area contributed by atoms with Crippen LogP contribution in [0, 0.1) is 13.8 Å². The second-order valence-corrected chi connectivity index (χ2v) is 6.02. The summed E-state index contributed by atoms with van der Waals surface area (Å²) in [6.45, 7) is 6.74. The summed E-state index contributed by atoms with van der Waals surface area (Å²) < 4.78 is 0. The summed E-state index contributed by atoms with van der Waals surface area (Å²) in [6.07, 6.45) is 1.62. The molecule has 0 fully saturated rings. The van der Waals surface area contributed by atoms with E-state index in [-0.39, 0.29) is 5.91 Å². The van der Waals surface area contributed by atoms with Crippen LogP contribution < -0.4 is 10.2 Å². The van der Waals surface area contributed by atoms with Gasteiger partial charge in [0.1, 0.15) is 5.69 Å². The van der Waals surface area contributed by atoms with Gasteiger partial charge in [0.25, 0.3) is 5.91 Å². The molecular formula is C21H22N4O. The summed E-state index contributed by atoms with van der Waals surface area (Å²) in [6, 6.07) is 17.4. The van der Waals surface area contributed by atoms with Crippen LogP contribution in [-0.2, 0) is 0 Å². The van der Waals surface area contributed by atoms with E-state index in [1.807, 2.05) is 74.2 Å². The molecule has 5 nitrogen and oxygen atoms in total. The van der Waals surface area contributed by atoms with E-state index >= 15 is 0 Å². The number of para-hydroxylation sites is 1. The van der Waals surface area contributed by atoms with Crippen LogP contribution in [0.15, 0.2) is 60.8 Å². The fourth-order valence-corrected chi connectivity index (χ4v) is 2.73. The maximum Gasteiger partial charge on any atom is 0.274 e. The molecule has 0 aliphatic rings. The topological polar surface area (TPSA) is 58.1 Å². The van der Waals surface area contributed by atoms with Crippen molar-refractivity contribution >= 4 is 23.2 Å². The van der Waals surface area contributed by atoms with Gasteiger partial charge in [0.05, 0.1) is 0 Å². The van der Waals surface area contributed by atoms with E-state index in [4.69, 9.17) is 0 Å². The second kappa shape index (κ2) is 7.78. The van der Waals surface area contributed by atoms with Gasteiger partial charge in [0.2, 0.25) is 5.95 Å². The van der Waals surface area contributed by atoms with E-state index in [2.05, 4.69) is 15.3 Å². The number of amides is 1. The first-order valence-electron chi connectivity index (χ1n) is 8.63. The Hall–Kier alpha value is -3.21. The molecule has 0 saturated carbocycles. The Morgan fingerprint density at radius 1 is 1.04 bits per heavy atom. The normalized spacial score (nSPS) is 10.4. The molecule has 0 aliphatic heterocycles. The highest BCUT2D eigenvalue weighted by Gasteiger charge is 2.15. The van der Waals surface area contributed by atoms with Crippen molar-refractivity contribution in [1.29, 1.82) is 0 Å². The number of anilines is 3. The van der Waals surface area contributed by atoms with Crippen LogP contribution in [0.25, 0.3) is 0 Å². The van der Waals surface area contributed by atoms with Crippen LogP contribution in [-0.4, -0.2) is 22.4 Å². The van der Waals surface area contributed by atoms with Gasteiger partial charge < -0.3 is 10.2 Å². The van der Waals surface area contributed by atoms with E-state index in [9.17, 15) is 4.79 Å². The van der Waals surface area contributed by atoms with Gasteiger partial charge in [-0.15, -0.1) is 0 Å². The smallest absolute Gasteiger partial charge is 0.274 e. The van der Waals surface area contributed by atoms with Crippen molar-refractivity contribution in [1.82, 2.24) is 9.97 Å². The molecule has 1 N–H and O–H groups in total. The van der Waals surface area contributed by atoms with Crippen molar-refractivity contribution < 1.29 is 4.79 Å². The zero-order chi connectivity index (χ0) is 18.5. The number of rotatable bonds is 5. The molecule has 5 heteroatoms. The molecule has 0 bridgehead atoms. The zero-order valence-electron chi connectivity index (χ0n) is 15.2. The van der Waals surface area contributed by atoms with Crippen molar-refractivity contribution in [2.75, 3.05) is 16.8 Å². The third kappa shape index (κ3) is 3.72. The van der Waals surface area contributed by atoms with E-state index in [0.717, 1.165) is 22.5 Å². The van der Waals surface area contributed by atoms with Gasteiger partial charge in [0.15, 0.2) is 0 Å². The highest BCUT2D eigenvalue weighted by Crippen LogP contribution is 2.22. The Labute approximate surface area is 153 Å². The average Bonchev–Trinajstić information content (AvgIpc) is 2.67. The monoisotopic (exact) mass is 346 g/mol. The van der Waals surface area contributed by atoms with Crippen LogP contribution in [0.4, 0.5) is 17.3 Å². The van der Waals surface area contributed by atoms with Crippen molar-refractivity contribution in [2.24, 2.45) is 0 Å². The van der Waals surface area contributed by atoms with Crippen molar-refractivity contribution in [3.05, 3.63) is 77.6 Å². The van der Waals surface area contributed by atoms with Crippen LogP contribution >= 0.6 is 0 Å². The summed E-state index contributed by atoms with van der Waals surface area (Å²) in [4.78, 5) is 23.4. The molecule has 2 aromatic carbocycles. The van der Waals surface area contributed by atoms with Crippen LogP contribution in [0.5, 0.6) is 0 Å². The summed E-state index contributed by atoms with van der Waals surface area (Å²) in [5, 5.41) is 2.94. The highest BCUT2D eigenvalue weighted by molar-refractivity contribution is 6.03. The predicted octanol–water partition coefficient (Wildman–Crippen LogP) is 4.50. The molecule has 3 aromatic rings. The van der Waals surface area contributed by atoms with Gasteiger partial charge in [0, 0.05) is 24.1 Å². The van der Waals surface area contributed by atoms with Gasteiger partial charge in [-0.1, -0.05) is 30.3 Å². The minimum Gasteiger partial charge on any atom is -0.320 e. The molecule has 1 amide bonds.